The van der Waals surface area contributed by atoms with Crippen LogP contribution in [0, 0.1) is 0 Å². The lowest BCUT2D eigenvalue weighted by Crippen LogP contribution is -2.27. The van der Waals surface area contributed by atoms with Gasteiger partial charge in [-0.25, -0.2) is 8.42 Å². The molecule has 1 unspecified atom stereocenters. The maximum absolute atomic E-state index is 11.2. The van der Waals surface area contributed by atoms with Crippen molar-refractivity contribution in [2.45, 2.75) is 32.7 Å². The molecule has 15 heavy (non-hydrogen) atoms. The number of nitrogens with two attached hydrogens (primary N) is 1. The summed E-state index contributed by atoms with van der Waals surface area (Å²) in [5.41, 5.74) is 5.64. The molecule has 0 amide bonds. The van der Waals surface area contributed by atoms with Crippen molar-refractivity contribution in [2.75, 3.05) is 31.6 Å². The van der Waals surface area contributed by atoms with Gasteiger partial charge >= 0.3 is 0 Å². The minimum absolute atomic E-state index is 0.215. The van der Waals surface area contributed by atoms with Crippen LogP contribution in [-0.2, 0) is 9.84 Å². The molecule has 0 aromatic rings. The Morgan fingerprint density at radius 2 is 1.93 bits per heavy atom. The van der Waals surface area contributed by atoms with E-state index in [9.17, 15) is 8.42 Å². The minimum Gasteiger partial charge on any atom is -0.328 e. The van der Waals surface area contributed by atoms with Crippen LogP contribution < -0.4 is 5.73 Å². The fourth-order valence-electron chi connectivity index (χ4n) is 1.23. The molecule has 0 fully saturated rings. The molecule has 0 rings (SSSR count). The zero-order chi connectivity index (χ0) is 11.9. The van der Waals surface area contributed by atoms with Crippen molar-refractivity contribution in [2.24, 2.45) is 5.73 Å². The number of hydrogen-bond donors (Lipinski definition) is 1. The molecule has 0 saturated heterocycles. The third-order valence-electron chi connectivity index (χ3n) is 2.40. The van der Waals surface area contributed by atoms with Crippen LogP contribution in [0.15, 0.2) is 0 Å². The summed E-state index contributed by atoms with van der Waals surface area (Å²) in [5, 5.41) is 0. The second-order valence-electron chi connectivity index (χ2n) is 4.16. The SMILES string of the molecule is CCS(=O)(=O)CCCN(C)CCC(C)N. The summed E-state index contributed by atoms with van der Waals surface area (Å²) >= 11 is 0. The molecule has 0 radical (unpaired) electrons. The van der Waals surface area contributed by atoms with Gasteiger partial charge in [0.2, 0.25) is 0 Å². The van der Waals surface area contributed by atoms with Crippen LogP contribution in [-0.4, -0.2) is 51.0 Å². The molecule has 4 nitrogen and oxygen atoms in total. The van der Waals surface area contributed by atoms with E-state index in [1.165, 1.54) is 0 Å². The standard InChI is InChI=1S/C10H24N2O2S/c1-4-15(13,14)9-5-7-12(3)8-6-10(2)11/h10H,4-9,11H2,1-3H3. The van der Waals surface area contributed by atoms with Crippen molar-refractivity contribution < 1.29 is 8.42 Å². The minimum atomic E-state index is -2.80. The van der Waals surface area contributed by atoms with E-state index in [0.29, 0.717) is 12.2 Å². The number of rotatable bonds is 8. The van der Waals surface area contributed by atoms with Gasteiger partial charge in [0.25, 0.3) is 0 Å². The average Bonchev–Trinajstić information content (AvgIpc) is 2.14. The average molecular weight is 236 g/mol. The highest BCUT2D eigenvalue weighted by Crippen LogP contribution is 1.97. The van der Waals surface area contributed by atoms with Gasteiger partial charge in [-0.1, -0.05) is 6.92 Å². The molecular weight excluding hydrogens is 212 g/mol. The third-order valence-corrected chi connectivity index (χ3v) is 4.19. The van der Waals surface area contributed by atoms with E-state index < -0.39 is 9.84 Å². The van der Waals surface area contributed by atoms with Gasteiger partial charge in [0.15, 0.2) is 0 Å². The zero-order valence-electron chi connectivity index (χ0n) is 10.1. The van der Waals surface area contributed by atoms with E-state index in [1.807, 2.05) is 14.0 Å². The lowest BCUT2D eigenvalue weighted by molar-refractivity contribution is 0.321. The second-order valence-corrected chi connectivity index (χ2v) is 6.63. The molecule has 0 aromatic carbocycles. The molecule has 2 N–H and O–H groups in total. The summed E-state index contributed by atoms with van der Waals surface area (Å²) in [6.07, 6.45) is 1.67. The van der Waals surface area contributed by atoms with Crippen LogP contribution in [0.4, 0.5) is 0 Å². The smallest absolute Gasteiger partial charge is 0.150 e. The molecule has 0 aliphatic carbocycles. The molecule has 0 heterocycles. The largest absolute Gasteiger partial charge is 0.328 e. The Hall–Kier alpha value is -0.130. The lowest BCUT2D eigenvalue weighted by atomic mass is 10.2. The van der Waals surface area contributed by atoms with E-state index in [0.717, 1.165) is 19.5 Å². The summed E-state index contributed by atoms with van der Waals surface area (Å²) in [5.74, 6) is 0.544. The number of sulfone groups is 1. The van der Waals surface area contributed by atoms with Crippen LogP contribution in [0.3, 0.4) is 0 Å². The highest BCUT2D eigenvalue weighted by Gasteiger charge is 2.07. The van der Waals surface area contributed by atoms with Crippen molar-refractivity contribution in [1.82, 2.24) is 4.90 Å². The highest BCUT2D eigenvalue weighted by molar-refractivity contribution is 7.91. The van der Waals surface area contributed by atoms with E-state index >= 15 is 0 Å². The van der Waals surface area contributed by atoms with Gasteiger partial charge in [0.05, 0.1) is 5.75 Å². The molecule has 0 aromatic heterocycles. The summed E-state index contributed by atoms with van der Waals surface area (Å²) in [6, 6.07) is 0.215. The monoisotopic (exact) mass is 236 g/mol. The van der Waals surface area contributed by atoms with Gasteiger partial charge in [-0.05, 0) is 39.9 Å². The van der Waals surface area contributed by atoms with E-state index in [4.69, 9.17) is 5.73 Å². The predicted octanol–water partition coefficient (Wildman–Crippen LogP) is 0.480. The molecule has 0 spiro atoms. The van der Waals surface area contributed by atoms with Crippen molar-refractivity contribution in [1.29, 1.82) is 0 Å². The normalized spacial score (nSPS) is 14.5. The molecule has 0 bridgehead atoms. The summed E-state index contributed by atoms with van der Waals surface area (Å²) in [6.45, 7) is 5.43. The molecule has 92 valence electrons. The molecule has 0 saturated carbocycles. The Kier molecular flexibility index (Phi) is 7.13. The van der Waals surface area contributed by atoms with Crippen molar-refractivity contribution in [3.63, 3.8) is 0 Å². The van der Waals surface area contributed by atoms with E-state index in [-0.39, 0.29) is 11.8 Å². The van der Waals surface area contributed by atoms with Gasteiger partial charge in [-0.15, -0.1) is 0 Å². The first-order valence-corrected chi connectivity index (χ1v) is 7.34. The zero-order valence-corrected chi connectivity index (χ0v) is 10.9. The Balaban J connectivity index is 3.59. The topological polar surface area (TPSA) is 63.4 Å². The first-order valence-electron chi connectivity index (χ1n) is 5.52. The Morgan fingerprint density at radius 3 is 2.40 bits per heavy atom. The van der Waals surface area contributed by atoms with Gasteiger partial charge in [-0.2, -0.15) is 0 Å². The first kappa shape index (κ1) is 14.9. The third kappa shape index (κ3) is 8.84. The number of hydrogen-bond acceptors (Lipinski definition) is 4. The summed E-state index contributed by atoms with van der Waals surface area (Å²) in [4.78, 5) is 2.13. The van der Waals surface area contributed by atoms with E-state index in [2.05, 4.69) is 4.90 Å². The predicted molar refractivity (Wildman–Crippen MR) is 64.7 cm³/mol. The molecule has 0 aliphatic heterocycles. The Morgan fingerprint density at radius 1 is 1.33 bits per heavy atom. The van der Waals surface area contributed by atoms with Crippen LogP contribution >= 0.6 is 0 Å². The van der Waals surface area contributed by atoms with Gasteiger partial charge in [0, 0.05) is 11.8 Å². The maximum atomic E-state index is 11.2. The highest BCUT2D eigenvalue weighted by atomic mass is 32.2. The van der Waals surface area contributed by atoms with Gasteiger partial charge in [-0.3, -0.25) is 0 Å². The van der Waals surface area contributed by atoms with Gasteiger partial charge < -0.3 is 10.6 Å². The van der Waals surface area contributed by atoms with Crippen molar-refractivity contribution in [3.8, 4) is 0 Å². The van der Waals surface area contributed by atoms with Crippen LogP contribution in [0.2, 0.25) is 0 Å². The van der Waals surface area contributed by atoms with E-state index in [1.54, 1.807) is 6.92 Å². The molecule has 0 aliphatic rings. The van der Waals surface area contributed by atoms with Gasteiger partial charge in [0.1, 0.15) is 9.84 Å². The lowest BCUT2D eigenvalue weighted by Gasteiger charge is -2.17. The fourth-order valence-corrected chi connectivity index (χ4v) is 2.09. The molecule has 5 heteroatoms. The summed E-state index contributed by atoms with van der Waals surface area (Å²) in [7, 11) is -0.797. The quantitative estimate of drug-likeness (QED) is 0.666. The second kappa shape index (κ2) is 7.19. The van der Waals surface area contributed by atoms with Crippen molar-refractivity contribution >= 4 is 9.84 Å². The van der Waals surface area contributed by atoms with Crippen LogP contribution in [0.25, 0.3) is 0 Å². The van der Waals surface area contributed by atoms with Crippen LogP contribution in [0.5, 0.6) is 0 Å². The Bertz CT molecular complexity index is 250. The summed E-state index contributed by atoms with van der Waals surface area (Å²) < 4.78 is 22.4. The fraction of sp³-hybridized carbons (Fsp3) is 1.00. The first-order chi connectivity index (χ1) is 6.87. The Labute approximate surface area is 93.7 Å². The number of nitrogens with zero attached hydrogens (tertiary/aromatic N) is 1. The molecular formula is C10H24N2O2S. The van der Waals surface area contributed by atoms with Crippen LogP contribution in [0.1, 0.15) is 26.7 Å². The molecule has 1 atom stereocenters. The maximum Gasteiger partial charge on any atom is 0.150 e. The van der Waals surface area contributed by atoms with Crippen molar-refractivity contribution in [3.05, 3.63) is 0 Å².